The van der Waals surface area contributed by atoms with Gasteiger partial charge in [0.15, 0.2) is 0 Å². The van der Waals surface area contributed by atoms with E-state index in [1.165, 1.54) is 11.8 Å². The zero-order valence-corrected chi connectivity index (χ0v) is 22.3. The van der Waals surface area contributed by atoms with Crippen LogP contribution in [0.1, 0.15) is 32.3 Å². The average Bonchev–Trinajstić information content (AvgIpc) is 2.90. The van der Waals surface area contributed by atoms with Gasteiger partial charge in [0.1, 0.15) is 17.7 Å². The van der Waals surface area contributed by atoms with Crippen molar-refractivity contribution in [2.24, 2.45) is 0 Å². The molecule has 1 fully saturated rings. The number of aromatic nitrogens is 1. The average molecular weight is 532 g/mol. The van der Waals surface area contributed by atoms with E-state index in [4.69, 9.17) is 21.3 Å². The Morgan fingerprint density at radius 3 is 2.55 bits per heavy atom. The van der Waals surface area contributed by atoms with E-state index in [0.29, 0.717) is 11.3 Å². The highest BCUT2D eigenvalue weighted by molar-refractivity contribution is 6.31. The van der Waals surface area contributed by atoms with Gasteiger partial charge in [-0.05, 0) is 74.0 Å². The van der Waals surface area contributed by atoms with E-state index in [0.717, 1.165) is 48.1 Å². The number of benzene rings is 3. The number of carbonyl (C=O) groups is 1. The molecule has 3 aromatic carbocycles. The van der Waals surface area contributed by atoms with Crippen molar-refractivity contribution in [3.05, 3.63) is 89.2 Å². The SMILES string of the molecule is CC(C)NC(=O)Cc1cc2cc(OC3CCN(c4ccccc4)CC3)ccc2nc1-c1ccc(F)c(Cl)c1. The molecule has 1 aliphatic rings. The van der Waals surface area contributed by atoms with Crippen molar-refractivity contribution in [3.63, 3.8) is 0 Å². The first-order valence-electron chi connectivity index (χ1n) is 13.0. The normalized spacial score (nSPS) is 14.2. The Balaban J connectivity index is 1.39. The van der Waals surface area contributed by atoms with Crippen LogP contribution in [0, 0.1) is 5.82 Å². The second-order valence-corrected chi connectivity index (χ2v) is 10.4. The number of nitrogens with one attached hydrogen (secondary N) is 1. The van der Waals surface area contributed by atoms with Gasteiger partial charge in [-0.3, -0.25) is 4.79 Å². The molecule has 0 bridgehead atoms. The van der Waals surface area contributed by atoms with Gasteiger partial charge in [0, 0.05) is 48.6 Å². The Labute approximate surface area is 227 Å². The summed E-state index contributed by atoms with van der Waals surface area (Å²) in [6, 6.07) is 22.8. The lowest BCUT2D eigenvalue weighted by atomic mass is 10.00. The van der Waals surface area contributed by atoms with Gasteiger partial charge in [-0.2, -0.15) is 0 Å². The van der Waals surface area contributed by atoms with Crippen LogP contribution in [-0.4, -0.2) is 36.1 Å². The minimum atomic E-state index is -0.494. The van der Waals surface area contributed by atoms with Crippen LogP contribution in [0.5, 0.6) is 5.75 Å². The first-order valence-corrected chi connectivity index (χ1v) is 13.4. The number of piperidine rings is 1. The summed E-state index contributed by atoms with van der Waals surface area (Å²) in [5, 5.41) is 3.84. The first-order chi connectivity index (χ1) is 18.4. The Morgan fingerprint density at radius 2 is 1.84 bits per heavy atom. The topological polar surface area (TPSA) is 54.5 Å². The molecule has 0 spiro atoms. The molecule has 1 aromatic heterocycles. The summed E-state index contributed by atoms with van der Waals surface area (Å²) < 4.78 is 20.2. The number of anilines is 1. The molecule has 0 aliphatic carbocycles. The number of pyridine rings is 1. The second kappa shape index (κ2) is 11.4. The number of carbonyl (C=O) groups excluding carboxylic acids is 1. The van der Waals surface area contributed by atoms with Crippen molar-refractivity contribution in [3.8, 4) is 17.0 Å². The number of hydrogen-bond acceptors (Lipinski definition) is 4. The maximum atomic E-state index is 13.8. The fourth-order valence-corrected chi connectivity index (χ4v) is 5.09. The van der Waals surface area contributed by atoms with Crippen LogP contribution in [0.4, 0.5) is 10.1 Å². The molecule has 38 heavy (non-hydrogen) atoms. The monoisotopic (exact) mass is 531 g/mol. The molecule has 196 valence electrons. The smallest absolute Gasteiger partial charge is 0.224 e. The van der Waals surface area contributed by atoms with Crippen LogP contribution < -0.4 is 15.0 Å². The Bertz CT molecular complexity index is 1440. The molecule has 1 saturated heterocycles. The second-order valence-electron chi connectivity index (χ2n) is 10.0. The summed E-state index contributed by atoms with van der Waals surface area (Å²) in [6.07, 6.45) is 2.16. The molecule has 0 saturated carbocycles. The number of fused-ring (bicyclic) bond motifs is 1. The van der Waals surface area contributed by atoms with Gasteiger partial charge in [-0.15, -0.1) is 0 Å². The van der Waals surface area contributed by atoms with Crippen LogP contribution in [0.25, 0.3) is 22.2 Å². The first kappa shape index (κ1) is 26.0. The minimum absolute atomic E-state index is 0.0176. The molecular weight excluding hydrogens is 501 g/mol. The third-order valence-corrected chi connectivity index (χ3v) is 7.01. The minimum Gasteiger partial charge on any atom is -0.490 e. The standard InChI is InChI=1S/C31H31ClFN3O2/c1-20(2)34-30(37)19-23-16-22-17-26(38-25-12-14-36(15-13-25)24-6-4-3-5-7-24)9-11-29(22)35-31(23)21-8-10-28(33)27(32)18-21/h3-11,16-18,20,25H,12-15,19H2,1-2H3,(H,34,37). The van der Waals surface area contributed by atoms with Gasteiger partial charge in [-0.1, -0.05) is 29.8 Å². The molecule has 5 rings (SSSR count). The fourth-order valence-electron chi connectivity index (χ4n) is 4.91. The lowest BCUT2D eigenvalue weighted by Gasteiger charge is -2.33. The molecule has 1 amide bonds. The number of para-hydroxylation sites is 1. The summed E-state index contributed by atoms with van der Waals surface area (Å²) in [5.41, 5.74) is 4.03. The molecule has 5 nitrogen and oxygen atoms in total. The molecule has 1 N–H and O–H groups in total. The number of nitrogens with zero attached hydrogens (tertiary/aromatic N) is 2. The Hall–Kier alpha value is -3.64. The lowest BCUT2D eigenvalue weighted by Crippen LogP contribution is -2.38. The number of hydrogen-bond donors (Lipinski definition) is 1. The molecular formula is C31H31ClFN3O2. The van der Waals surface area contributed by atoms with Crippen LogP contribution in [0.3, 0.4) is 0 Å². The molecule has 2 heterocycles. The molecule has 4 aromatic rings. The van der Waals surface area contributed by atoms with Crippen molar-refractivity contribution in [2.45, 2.75) is 45.3 Å². The highest BCUT2D eigenvalue weighted by Crippen LogP contribution is 2.31. The Kier molecular flexibility index (Phi) is 7.79. The predicted octanol–water partition coefficient (Wildman–Crippen LogP) is 6.81. The summed E-state index contributed by atoms with van der Waals surface area (Å²) in [7, 11) is 0. The largest absolute Gasteiger partial charge is 0.490 e. The molecule has 0 radical (unpaired) electrons. The van der Waals surface area contributed by atoms with Crippen LogP contribution in [0.15, 0.2) is 72.8 Å². The summed E-state index contributed by atoms with van der Waals surface area (Å²) >= 11 is 6.06. The van der Waals surface area contributed by atoms with Gasteiger partial charge >= 0.3 is 0 Å². The maximum Gasteiger partial charge on any atom is 0.224 e. The van der Waals surface area contributed by atoms with Crippen molar-refractivity contribution in [1.82, 2.24) is 10.3 Å². The third kappa shape index (κ3) is 6.08. The molecule has 1 aliphatic heterocycles. The van der Waals surface area contributed by atoms with Crippen molar-refractivity contribution in [2.75, 3.05) is 18.0 Å². The van der Waals surface area contributed by atoms with Crippen molar-refractivity contribution < 1.29 is 13.9 Å². The van der Waals surface area contributed by atoms with Crippen molar-refractivity contribution in [1.29, 1.82) is 0 Å². The van der Waals surface area contributed by atoms with E-state index >= 15 is 0 Å². The van der Waals surface area contributed by atoms with Gasteiger partial charge in [0.05, 0.1) is 22.7 Å². The summed E-state index contributed by atoms with van der Waals surface area (Å²) in [4.78, 5) is 19.9. The van der Waals surface area contributed by atoms with E-state index in [-0.39, 0.29) is 29.5 Å². The zero-order valence-electron chi connectivity index (χ0n) is 21.6. The number of ether oxygens (including phenoxy) is 1. The maximum absolute atomic E-state index is 13.8. The van der Waals surface area contributed by atoms with Gasteiger partial charge in [0.2, 0.25) is 5.91 Å². The molecule has 0 atom stereocenters. The predicted molar refractivity (Wildman–Crippen MR) is 151 cm³/mol. The van der Waals surface area contributed by atoms with Gasteiger partial charge in [0.25, 0.3) is 0 Å². The van der Waals surface area contributed by atoms with E-state index in [9.17, 15) is 9.18 Å². The van der Waals surface area contributed by atoms with Crippen molar-refractivity contribution >= 4 is 34.1 Å². The van der Waals surface area contributed by atoms with Crippen LogP contribution >= 0.6 is 11.6 Å². The van der Waals surface area contributed by atoms with E-state index in [1.54, 1.807) is 12.1 Å². The quantitative estimate of drug-likeness (QED) is 0.284. The molecule has 7 heteroatoms. The lowest BCUT2D eigenvalue weighted by molar-refractivity contribution is -0.120. The van der Waals surface area contributed by atoms with E-state index in [1.807, 2.05) is 44.2 Å². The van der Waals surface area contributed by atoms with Gasteiger partial charge < -0.3 is 15.0 Å². The van der Waals surface area contributed by atoms with Gasteiger partial charge in [-0.25, -0.2) is 9.37 Å². The number of rotatable bonds is 7. The van der Waals surface area contributed by atoms with Crippen LogP contribution in [-0.2, 0) is 11.2 Å². The zero-order chi connectivity index (χ0) is 26.6. The Morgan fingerprint density at radius 1 is 1.08 bits per heavy atom. The van der Waals surface area contributed by atoms with E-state index < -0.39 is 5.82 Å². The van der Waals surface area contributed by atoms with Crippen LogP contribution in [0.2, 0.25) is 5.02 Å². The number of halogens is 2. The highest BCUT2D eigenvalue weighted by atomic mass is 35.5. The summed E-state index contributed by atoms with van der Waals surface area (Å²) in [5.74, 6) is 0.188. The third-order valence-electron chi connectivity index (χ3n) is 6.72. The fraction of sp³-hybridized carbons (Fsp3) is 0.290. The molecule has 0 unspecified atom stereocenters. The number of amides is 1. The highest BCUT2D eigenvalue weighted by Gasteiger charge is 2.21. The summed E-state index contributed by atoms with van der Waals surface area (Å²) in [6.45, 7) is 5.74. The van der Waals surface area contributed by atoms with E-state index in [2.05, 4.69) is 34.5 Å².